The fraction of sp³-hybridized carbons (Fsp3) is 0.533. The van der Waals surface area contributed by atoms with Gasteiger partial charge in [0.25, 0.3) is 0 Å². The monoisotopic (exact) mass is 280 g/mol. The standard InChI is InChI=1S/C15H24O3Si/c1-15(2,14(17)18-19(3,4)5)13(16)11-12-9-7-6-8-10-12/h6-10,13,16H,11H2,1-5H3. The van der Waals surface area contributed by atoms with Crippen molar-refractivity contribution in [2.45, 2.75) is 46.0 Å². The van der Waals surface area contributed by atoms with Crippen LogP contribution < -0.4 is 0 Å². The number of benzene rings is 1. The second-order valence-electron chi connectivity index (χ2n) is 6.43. The normalized spacial score (nSPS) is 14.0. The summed E-state index contributed by atoms with van der Waals surface area (Å²) >= 11 is 0. The van der Waals surface area contributed by atoms with Crippen LogP contribution in [0.25, 0.3) is 0 Å². The Bertz CT molecular complexity index is 421. The van der Waals surface area contributed by atoms with Crippen LogP contribution in [-0.4, -0.2) is 25.5 Å². The molecule has 0 aliphatic heterocycles. The van der Waals surface area contributed by atoms with Crippen LogP contribution in [0.3, 0.4) is 0 Å². The Morgan fingerprint density at radius 1 is 1.26 bits per heavy atom. The first kappa shape index (κ1) is 15.9. The Labute approximate surface area is 116 Å². The predicted octanol–water partition coefficient (Wildman–Crippen LogP) is 2.99. The van der Waals surface area contributed by atoms with Crippen molar-refractivity contribution >= 4 is 14.3 Å². The number of hydrogen-bond acceptors (Lipinski definition) is 3. The van der Waals surface area contributed by atoms with Gasteiger partial charge < -0.3 is 9.53 Å². The predicted molar refractivity (Wildman–Crippen MR) is 79.4 cm³/mol. The lowest BCUT2D eigenvalue weighted by Gasteiger charge is -2.31. The zero-order valence-corrected chi connectivity index (χ0v) is 13.4. The molecule has 1 aromatic carbocycles. The van der Waals surface area contributed by atoms with Gasteiger partial charge in [0.15, 0.2) is 0 Å². The molecule has 0 aliphatic carbocycles. The van der Waals surface area contributed by atoms with Crippen molar-refractivity contribution in [2.75, 3.05) is 0 Å². The van der Waals surface area contributed by atoms with Gasteiger partial charge in [-0.2, -0.15) is 0 Å². The largest absolute Gasteiger partial charge is 0.519 e. The van der Waals surface area contributed by atoms with Crippen LogP contribution in [0.2, 0.25) is 19.6 Å². The second kappa shape index (κ2) is 5.88. The number of aliphatic hydroxyl groups excluding tert-OH is 1. The molecule has 0 saturated heterocycles. The van der Waals surface area contributed by atoms with E-state index in [1.54, 1.807) is 13.8 Å². The van der Waals surface area contributed by atoms with Crippen molar-refractivity contribution in [3.8, 4) is 0 Å². The number of carbonyl (C=O) groups excluding carboxylic acids is 1. The van der Waals surface area contributed by atoms with E-state index in [2.05, 4.69) is 0 Å². The summed E-state index contributed by atoms with van der Waals surface area (Å²) in [6.45, 7) is 9.37. The Morgan fingerprint density at radius 2 is 1.79 bits per heavy atom. The molecule has 0 bridgehead atoms. The van der Waals surface area contributed by atoms with Crippen molar-refractivity contribution in [3.05, 3.63) is 35.9 Å². The summed E-state index contributed by atoms with van der Waals surface area (Å²) in [6, 6.07) is 9.68. The molecule has 0 radical (unpaired) electrons. The summed E-state index contributed by atoms with van der Waals surface area (Å²) in [7, 11) is -1.93. The van der Waals surface area contributed by atoms with E-state index in [0.717, 1.165) is 5.56 Å². The molecule has 0 aromatic heterocycles. The highest BCUT2D eigenvalue weighted by Crippen LogP contribution is 2.27. The number of aliphatic hydroxyl groups is 1. The van der Waals surface area contributed by atoms with E-state index in [1.807, 2.05) is 50.0 Å². The molecule has 1 atom stereocenters. The van der Waals surface area contributed by atoms with Gasteiger partial charge in [0, 0.05) is 0 Å². The van der Waals surface area contributed by atoms with Gasteiger partial charge in [0.05, 0.1) is 11.5 Å². The first-order valence-corrected chi connectivity index (χ1v) is 9.99. The van der Waals surface area contributed by atoms with Crippen LogP contribution in [-0.2, 0) is 15.6 Å². The summed E-state index contributed by atoms with van der Waals surface area (Å²) in [6.07, 6.45) is -0.298. The average Bonchev–Trinajstić information content (AvgIpc) is 2.27. The highest BCUT2D eigenvalue weighted by Gasteiger charge is 2.39. The van der Waals surface area contributed by atoms with Gasteiger partial charge in [0.1, 0.15) is 0 Å². The molecular formula is C15H24O3Si. The van der Waals surface area contributed by atoms with Gasteiger partial charge in [-0.15, -0.1) is 0 Å². The van der Waals surface area contributed by atoms with E-state index in [-0.39, 0.29) is 5.97 Å². The average molecular weight is 280 g/mol. The SMILES string of the molecule is CC(C)(C(=O)O[Si](C)(C)C)C(O)Cc1ccccc1. The lowest BCUT2D eigenvalue weighted by Crippen LogP contribution is -2.44. The molecule has 4 heteroatoms. The zero-order chi connectivity index (χ0) is 14.7. The summed E-state index contributed by atoms with van der Waals surface area (Å²) in [5, 5.41) is 10.3. The fourth-order valence-electron chi connectivity index (χ4n) is 1.64. The van der Waals surface area contributed by atoms with Gasteiger partial charge >= 0.3 is 5.97 Å². The van der Waals surface area contributed by atoms with E-state index in [1.165, 1.54) is 0 Å². The Balaban J connectivity index is 2.73. The summed E-state index contributed by atoms with van der Waals surface area (Å²) < 4.78 is 5.50. The van der Waals surface area contributed by atoms with Crippen LogP contribution in [0.5, 0.6) is 0 Å². The van der Waals surface area contributed by atoms with Gasteiger partial charge in [-0.1, -0.05) is 30.3 Å². The molecule has 0 fully saturated rings. The molecule has 1 N–H and O–H groups in total. The molecule has 0 aliphatic rings. The molecule has 0 amide bonds. The minimum Gasteiger partial charge on any atom is -0.519 e. The molecule has 0 saturated carbocycles. The van der Waals surface area contributed by atoms with E-state index in [9.17, 15) is 9.90 Å². The molecule has 1 aromatic rings. The highest BCUT2D eigenvalue weighted by atomic mass is 28.4. The Morgan fingerprint density at radius 3 is 2.26 bits per heavy atom. The van der Waals surface area contributed by atoms with Crippen molar-refractivity contribution in [1.29, 1.82) is 0 Å². The maximum atomic E-state index is 12.2. The number of carbonyl (C=O) groups is 1. The molecule has 1 unspecified atom stereocenters. The lowest BCUT2D eigenvalue weighted by molar-refractivity contribution is -0.151. The lowest BCUT2D eigenvalue weighted by atomic mass is 9.83. The van der Waals surface area contributed by atoms with Crippen LogP contribution >= 0.6 is 0 Å². The van der Waals surface area contributed by atoms with Crippen LogP contribution in [0, 0.1) is 5.41 Å². The molecule has 0 spiro atoms. The van der Waals surface area contributed by atoms with Crippen LogP contribution in [0.15, 0.2) is 30.3 Å². The van der Waals surface area contributed by atoms with Gasteiger partial charge in [-0.05, 0) is 45.5 Å². The molecule has 3 nitrogen and oxygen atoms in total. The van der Waals surface area contributed by atoms with Crippen molar-refractivity contribution < 1.29 is 14.3 Å². The topological polar surface area (TPSA) is 46.5 Å². The van der Waals surface area contributed by atoms with Crippen molar-refractivity contribution in [2.24, 2.45) is 5.41 Å². The summed E-state index contributed by atoms with van der Waals surface area (Å²) in [5.41, 5.74) is 0.125. The first-order valence-electron chi connectivity index (χ1n) is 6.58. The van der Waals surface area contributed by atoms with E-state index in [0.29, 0.717) is 6.42 Å². The van der Waals surface area contributed by atoms with Gasteiger partial charge in [0.2, 0.25) is 8.32 Å². The Hall–Kier alpha value is -1.13. The van der Waals surface area contributed by atoms with Gasteiger partial charge in [-0.3, -0.25) is 4.79 Å². The van der Waals surface area contributed by atoms with E-state index >= 15 is 0 Å². The fourth-order valence-corrected chi connectivity index (χ4v) is 2.46. The molecule has 19 heavy (non-hydrogen) atoms. The number of rotatable bonds is 5. The third-order valence-corrected chi connectivity index (χ3v) is 3.83. The maximum absolute atomic E-state index is 12.2. The van der Waals surface area contributed by atoms with Crippen LogP contribution in [0.4, 0.5) is 0 Å². The molecule has 1 rings (SSSR count). The minimum atomic E-state index is -1.93. The third kappa shape index (κ3) is 4.80. The second-order valence-corrected chi connectivity index (χ2v) is 10.9. The summed E-state index contributed by atoms with van der Waals surface area (Å²) in [4.78, 5) is 12.2. The summed E-state index contributed by atoms with van der Waals surface area (Å²) in [5.74, 6) is -0.310. The maximum Gasteiger partial charge on any atom is 0.300 e. The number of hydrogen-bond donors (Lipinski definition) is 1. The Kier molecular flexibility index (Phi) is 4.93. The third-order valence-electron chi connectivity index (χ3n) is 3.03. The van der Waals surface area contributed by atoms with E-state index < -0.39 is 19.8 Å². The smallest absolute Gasteiger partial charge is 0.300 e. The quantitative estimate of drug-likeness (QED) is 0.843. The molecular weight excluding hydrogens is 256 g/mol. The zero-order valence-electron chi connectivity index (χ0n) is 12.4. The highest BCUT2D eigenvalue weighted by molar-refractivity contribution is 6.71. The van der Waals surface area contributed by atoms with E-state index in [4.69, 9.17) is 4.43 Å². The van der Waals surface area contributed by atoms with Crippen molar-refractivity contribution in [3.63, 3.8) is 0 Å². The van der Waals surface area contributed by atoms with Crippen molar-refractivity contribution in [1.82, 2.24) is 0 Å². The van der Waals surface area contributed by atoms with Crippen LogP contribution in [0.1, 0.15) is 19.4 Å². The minimum absolute atomic E-state index is 0.310. The first-order chi connectivity index (χ1) is 8.63. The molecule has 0 heterocycles. The molecule has 106 valence electrons. The van der Waals surface area contributed by atoms with Gasteiger partial charge in [-0.25, -0.2) is 0 Å².